The van der Waals surface area contributed by atoms with Crippen LogP contribution in [0.3, 0.4) is 0 Å². The minimum atomic E-state index is -0.338. The number of halogens is 3. The molecule has 0 unspecified atom stereocenters. The van der Waals surface area contributed by atoms with Crippen molar-refractivity contribution in [2.45, 2.75) is 18.3 Å². The van der Waals surface area contributed by atoms with Crippen molar-refractivity contribution in [1.29, 1.82) is 0 Å². The number of ether oxygens (including phenoxy) is 2. The minimum Gasteiger partial charge on any atom is -0.486 e. The zero-order valence-electron chi connectivity index (χ0n) is 15.5. The second-order valence-electron chi connectivity index (χ2n) is 6.37. The van der Waals surface area contributed by atoms with E-state index < -0.39 is 0 Å². The number of nitrogens with zero attached hydrogens (tertiary/aromatic N) is 1. The molecule has 0 aliphatic carbocycles. The van der Waals surface area contributed by atoms with Gasteiger partial charge in [-0.25, -0.2) is 4.39 Å². The van der Waals surface area contributed by atoms with Crippen LogP contribution in [0.25, 0.3) is 0 Å². The van der Waals surface area contributed by atoms with Gasteiger partial charge in [0.15, 0.2) is 5.75 Å². The summed E-state index contributed by atoms with van der Waals surface area (Å²) in [5.41, 5.74) is 1.47. The number of hydrogen-bond acceptors (Lipinski definition) is 5. The minimum absolute atomic E-state index is 0.0456. The van der Waals surface area contributed by atoms with Gasteiger partial charge in [0.1, 0.15) is 16.7 Å². The Balaban J connectivity index is 1.67. The number of thioether (sulfide) groups is 1. The third kappa shape index (κ3) is 5.61. The lowest BCUT2D eigenvalue weighted by molar-refractivity contribution is -0.126. The van der Waals surface area contributed by atoms with Crippen LogP contribution in [0, 0.1) is 5.82 Å². The predicted molar refractivity (Wildman–Crippen MR) is 118 cm³/mol. The summed E-state index contributed by atoms with van der Waals surface area (Å²) in [5.74, 6) is -0.0606. The molecule has 1 saturated heterocycles. The third-order valence-corrected chi connectivity index (χ3v) is 6.42. The first-order valence-electron chi connectivity index (χ1n) is 8.75. The molecule has 29 heavy (non-hydrogen) atoms. The van der Waals surface area contributed by atoms with Crippen molar-refractivity contribution >= 4 is 57.4 Å². The molecule has 0 bridgehead atoms. The van der Waals surface area contributed by atoms with Gasteiger partial charge in [-0.2, -0.15) is 0 Å². The predicted octanol–water partition coefficient (Wildman–Crippen LogP) is 5.13. The van der Waals surface area contributed by atoms with Gasteiger partial charge in [-0.05, 0) is 41.8 Å². The molecule has 2 aromatic rings. The van der Waals surface area contributed by atoms with Crippen LogP contribution in [0.5, 0.6) is 5.75 Å². The van der Waals surface area contributed by atoms with E-state index in [0.29, 0.717) is 45.3 Å². The Labute approximate surface area is 188 Å². The highest BCUT2D eigenvalue weighted by Crippen LogP contribution is 2.37. The molecule has 0 saturated carbocycles. The summed E-state index contributed by atoms with van der Waals surface area (Å²) < 4.78 is 24.6. The summed E-state index contributed by atoms with van der Waals surface area (Å²) >= 11 is 19.4. The third-order valence-electron chi connectivity index (χ3n) is 4.28. The van der Waals surface area contributed by atoms with Gasteiger partial charge in [0.25, 0.3) is 0 Å². The Morgan fingerprint density at radius 3 is 2.59 bits per heavy atom. The summed E-state index contributed by atoms with van der Waals surface area (Å²) in [6, 6.07) is 9.56. The molecule has 0 aromatic heterocycles. The number of carbonyl (C=O) groups excluding carboxylic acids is 1. The molecule has 4 nitrogen and oxygen atoms in total. The Morgan fingerprint density at radius 1 is 1.21 bits per heavy atom. The first-order valence-corrected chi connectivity index (χ1v) is 10.8. The van der Waals surface area contributed by atoms with Crippen molar-refractivity contribution < 1.29 is 18.7 Å². The zero-order chi connectivity index (χ0) is 21.0. The van der Waals surface area contributed by atoms with E-state index in [0.717, 1.165) is 5.56 Å². The average Bonchev–Trinajstić information content (AvgIpc) is 2.92. The molecule has 1 aliphatic heterocycles. The largest absolute Gasteiger partial charge is 0.486 e. The number of rotatable bonds is 8. The maximum Gasteiger partial charge on any atom is 0.242 e. The molecule has 1 atom stereocenters. The molecule has 0 radical (unpaired) electrons. The highest BCUT2D eigenvalue weighted by atomic mass is 35.5. The van der Waals surface area contributed by atoms with Gasteiger partial charge in [-0.3, -0.25) is 9.69 Å². The van der Waals surface area contributed by atoms with Crippen molar-refractivity contribution in [2.24, 2.45) is 0 Å². The molecule has 9 heteroatoms. The molecule has 1 aliphatic rings. The molecular formula is C20H18Cl2FNO3S2. The number of benzene rings is 2. The second kappa shape index (κ2) is 10.1. The van der Waals surface area contributed by atoms with Crippen molar-refractivity contribution in [1.82, 2.24) is 4.90 Å². The Kier molecular flexibility index (Phi) is 7.76. The Morgan fingerprint density at radius 2 is 1.93 bits per heavy atom. The van der Waals surface area contributed by atoms with Crippen molar-refractivity contribution in [2.75, 3.05) is 20.3 Å². The van der Waals surface area contributed by atoms with Crippen LogP contribution in [-0.2, 0) is 22.6 Å². The highest BCUT2D eigenvalue weighted by molar-refractivity contribution is 8.24. The zero-order valence-corrected chi connectivity index (χ0v) is 18.6. The van der Waals surface area contributed by atoms with Crippen LogP contribution in [0.15, 0.2) is 36.4 Å². The molecule has 1 amide bonds. The van der Waals surface area contributed by atoms with E-state index in [2.05, 4.69) is 0 Å². The molecule has 2 aromatic carbocycles. The standard InChI is InChI=1S/C20H18Cl2FNO3S2/c1-26-6-5-24-19(25)17(29-20(24)28)10-13-8-15(21)18(16(22)9-13)27-11-12-3-2-4-14(23)7-12/h2-4,7-9,17H,5-6,10-11H2,1H3/t17-/m0/s1. The van der Waals surface area contributed by atoms with Gasteiger partial charge in [-0.1, -0.05) is 59.3 Å². The lowest BCUT2D eigenvalue weighted by Crippen LogP contribution is -2.34. The highest BCUT2D eigenvalue weighted by Gasteiger charge is 2.36. The van der Waals surface area contributed by atoms with Gasteiger partial charge in [0.05, 0.1) is 28.4 Å². The van der Waals surface area contributed by atoms with Gasteiger partial charge in [0, 0.05) is 7.11 Å². The molecule has 0 spiro atoms. The lowest BCUT2D eigenvalue weighted by atomic mass is 10.1. The van der Waals surface area contributed by atoms with E-state index in [9.17, 15) is 9.18 Å². The summed E-state index contributed by atoms with van der Waals surface area (Å²) in [5, 5.41) is 0.335. The topological polar surface area (TPSA) is 38.8 Å². The maximum absolute atomic E-state index is 13.3. The first kappa shape index (κ1) is 22.3. The number of methoxy groups -OCH3 is 1. The van der Waals surface area contributed by atoms with Gasteiger partial charge < -0.3 is 9.47 Å². The lowest BCUT2D eigenvalue weighted by Gasteiger charge is -2.15. The van der Waals surface area contributed by atoms with Crippen LogP contribution in [0.4, 0.5) is 4.39 Å². The normalized spacial score (nSPS) is 16.6. The van der Waals surface area contributed by atoms with Crippen molar-refractivity contribution in [3.05, 3.63) is 63.4 Å². The quantitative estimate of drug-likeness (QED) is 0.496. The van der Waals surface area contributed by atoms with E-state index in [-0.39, 0.29) is 23.6 Å². The van der Waals surface area contributed by atoms with Crippen molar-refractivity contribution in [3.8, 4) is 5.75 Å². The van der Waals surface area contributed by atoms with E-state index in [1.165, 1.54) is 23.9 Å². The van der Waals surface area contributed by atoms with Crippen molar-refractivity contribution in [3.63, 3.8) is 0 Å². The molecule has 1 heterocycles. The van der Waals surface area contributed by atoms with Gasteiger partial charge in [0.2, 0.25) is 5.91 Å². The smallest absolute Gasteiger partial charge is 0.242 e. The molecule has 154 valence electrons. The fourth-order valence-electron chi connectivity index (χ4n) is 2.88. The number of hydrogen-bond donors (Lipinski definition) is 0. The van der Waals surface area contributed by atoms with Gasteiger partial charge >= 0.3 is 0 Å². The van der Waals surface area contributed by atoms with Crippen LogP contribution in [0.2, 0.25) is 10.0 Å². The van der Waals surface area contributed by atoms with E-state index in [1.54, 1.807) is 36.3 Å². The maximum atomic E-state index is 13.3. The van der Waals surface area contributed by atoms with Gasteiger partial charge in [-0.15, -0.1) is 0 Å². The van der Waals surface area contributed by atoms with Crippen LogP contribution in [0.1, 0.15) is 11.1 Å². The Hall–Kier alpha value is -1.38. The number of carbonyl (C=O) groups is 1. The molecular weight excluding hydrogens is 456 g/mol. The molecule has 1 fully saturated rings. The summed E-state index contributed by atoms with van der Waals surface area (Å²) in [7, 11) is 1.58. The summed E-state index contributed by atoms with van der Waals surface area (Å²) in [6.45, 7) is 0.996. The van der Waals surface area contributed by atoms with E-state index >= 15 is 0 Å². The molecule has 3 rings (SSSR count). The molecule has 0 N–H and O–H groups in total. The summed E-state index contributed by atoms with van der Waals surface area (Å²) in [4.78, 5) is 14.2. The SMILES string of the molecule is COCCN1C(=O)[C@H](Cc2cc(Cl)c(OCc3cccc(F)c3)c(Cl)c2)SC1=S. The number of thiocarbonyl (C=S) groups is 1. The second-order valence-corrected chi connectivity index (χ2v) is 9.02. The fourth-order valence-corrected chi connectivity index (χ4v) is 5.10. The van der Waals surface area contributed by atoms with E-state index in [1.807, 2.05) is 0 Å². The van der Waals surface area contributed by atoms with E-state index in [4.69, 9.17) is 44.9 Å². The number of amides is 1. The monoisotopic (exact) mass is 473 g/mol. The Bertz CT molecular complexity index is 905. The first-order chi connectivity index (χ1) is 13.9. The summed E-state index contributed by atoms with van der Waals surface area (Å²) in [6.07, 6.45) is 0.441. The average molecular weight is 474 g/mol. The van der Waals surface area contributed by atoms with Crippen LogP contribution >= 0.6 is 47.2 Å². The van der Waals surface area contributed by atoms with Crippen LogP contribution in [-0.4, -0.2) is 40.6 Å². The fraction of sp³-hybridized carbons (Fsp3) is 0.300. The van der Waals surface area contributed by atoms with Crippen LogP contribution < -0.4 is 4.74 Å².